The number of ether oxygens (including phenoxy) is 2. The molecule has 1 aliphatic heterocycles. The van der Waals surface area contributed by atoms with E-state index in [0.29, 0.717) is 18.6 Å². The number of carboxylic acids is 1. The van der Waals surface area contributed by atoms with E-state index in [1.165, 1.54) is 0 Å². The molecular formula is C29H27NO7. The molecule has 3 aromatic carbocycles. The Morgan fingerprint density at radius 3 is 2.16 bits per heavy atom. The third-order valence-corrected chi connectivity index (χ3v) is 5.41. The first-order valence-electron chi connectivity index (χ1n) is 11.4. The molecule has 1 atom stereocenters. The predicted molar refractivity (Wildman–Crippen MR) is 141 cm³/mol. The van der Waals surface area contributed by atoms with Crippen LogP contribution < -0.4 is 0 Å². The molecule has 0 saturated carbocycles. The number of esters is 1. The molecule has 0 radical (unpaired) electrons. The summed E-state index contributed by atoms with van der Waals surface area (Å²) in [6, 6.07) is 18.2. The van der Waals surface area contributed by atoms with Gasteiger partial charge in [-0.25, -0.2) is 14.4 Å². The second-order valence-corrected chi connectivity index (χ2v) is 8.14. The first-order chi connectivity index (χ1) is 17.8. The quantitative estimate of drug-likeness (QED) is 0.0794. The number of oxime groups is 1. The van der Waals surface area contributed by atoms with E-state index in [2.05, 4.69) is 43.1 Å². The zero-order valence-electron chi connectivity index (χ0n) is 20.2. The van der Waals surface area contributed by atoms with Gasteiger partial charge >= 0.3 is 17.9 Å². The Kier molecular flexibility index (Phi) is 9.46. The van der Waals surface area contributed by atoms with Crippen molar-refractivity contribution in [1.29, 1.82) is 0 Å². The summed E-state index contributed by atoms with van der Waals surface area (Å²) in [5.41, 5.74) is 1.30. The number of fused-ring (bicyclic) bond motifs is 2. The van der Waals surface area contributed by atoms with E-state index in [9.17, 15) is 14.4 Å². The van der Waals surface area contributed by atoms with Crippen molar-refractivity contribution in [3.05, 3.63) is 97.1 Å². The Bertz CT molecular complexity index is 1330. The Balaban J connectivity index is 0.000000214. The molecule has 3 aromatic rings. The van der Waals surface area contributed by atoms with Crippen LogP contribution in [-0.4, -0.2) is 48.5 Å². The molecule has 8 heteroatoms. The Morgan fingerprint density at radius 1 is 1.03 bits per heavy atom. The highest BCUT2D eigenvalue weighted by Crippen LogP contribution is 2.27. The van der Waals surface area contributed by atoms with Crippen LogP contribution in [0.4, 0.5) is 0 Å². The molecule has 190 valence electrons. The lowest BCUT2D eigenvalue weighted by Crippen LogP contribution is -2.11. The number of epoxide rings is 1. The molecule has 1 unspecified atom stereocenters. The van der Waals surface area contributed by atoms with Crippen molar-refractivity contribution in [2.45, 2.75) is 18.9 Å². The van der Waals surface area contributed by atoms with Crippen molar-refractivity contribution < 1.29 is 33.8 Å². The fraction of sp³-hybridized carbons (Fsp3) is 0.172. The molecule has 0 aliphatic carbocycles. The number of aliphatic carboxylic acids is 1. The lowest BCUT2D eigenvalue weighted by atomic mass is 9.97. The summed E-state index contributed by atoms with van der Waals surface area (Å²) in [7, 11) is 0. The number of hydrogen-bond acceptors (Lipinski definition) is 7. The lowest BCUT2D eigenvalue weighted by Gasteiger charge is -2.07. The average Bonchev–Trinajstić information content (AvgIpc) is 3.72. The molecule has 1 aliphatic rings. The van der Waals surface area contributed by atoms with Gasteiger partial charge in [0.25, 0.3) is 0 Å². The van der Waals surface area contributed by atoms with Crippen molar-refractivity contribution in [3.8, 4) is 0 Å². The SMILES string of the molecule is C=C(CCOC(=O)C(=C)CC1CO1)C(=O)O.C=CC(=O)ON=Cc1c2ccccc2cc2ccccc12. The largest absolute Gasteiger partial charge is 0.478 e. The summed E-state index contributed by atoms with van der Waals surface area (Å²) in [5, 5.41) is 16.6. The number of benzene rings is 3. The highest BCUT2D eigenvalue weighted by Gasteiger charge is 2.25. The van der Waals surface area contributed by atoms with Crippen molar-refractivity contribution in [1.82, 2.24) is 0 Å². The van der Waals surface area contributed by atoms with Crippen LogP contribution >= 0.6 is 0 Å². The summed E-state index contributed by atoms with van der Waals surface area (Å²) < 4.78 is 9.78. The van der Waals surface area contributed by atoms with E-state index in [-0.39, 0.29) is 24.7 Å². The molecule has 37 heavy (non-hydrogen) atoms. The summed E-state index contributed by atoms with van der Waals surface area (Å²) in [5.74, 6) is -2.16. The van der Waals surface area contributed by atoms with Crippen LogP contribution in [-0.2, 0) is 28.7 Å². The molecule has 1 fully saturated rings. The first-order valence-corrected chi connectivity index (χ1v) is 11.4. The fourth-order valence-corrected chi connectivity index (χ4v) is 3.38. The van der Waals surface area contributed by atoms with Crippen LogP contribution in [0.25, 0.3) is 21.5 Å². The van der Waals surface area contributed by atoms with Crippen LogP contribution in [0.1, 0.15) is 18.4 Å². The van der Waals surface area contributed by atoms with Gasteiger partial charge in [-0.2, -0.15) is 0 Å². The molecule has 0 bridgehead atoms. The van der Waals surface area contributed by atoms with Gasteiger partial charge in [0.15, 0.2) is 0 Å². The number of carbonyl (C=O) groups is 3. The van der Waals surface area contributed by atoms with E-state index in [4.69, 9.17) is 19.4 Å². The average molecular weight is 502 g/mol. The summed E-state index contributed by atoms with van der Waals surface area (Å²) >= 11 is 0. The predicted octanol–water partition coefficient (Wildman–Crippen LogP) is 4.96. The number of nitrogens with zero attached hydrogens (tertiary/aromatic N) is 1. The first kappa shape index (κ1) is 27.0. The van der Waals surface area contributed by atoms with Crippen LogP contribution in [0.3, 0.4) is 0 Å². The third-order valence-electron chi connectivity index (χ3n) is 5.41. The van der Waals surface area contributed by atoms with Gasteiger partial charge in [-0.1, -0.05) is 73.4 Å². The topological polar surface area (TPSA) is 115 Å². The van der Waals surface area contributed by atoms with E-state index >= 15 is 0 Å². The maximum absolute atomic E-state index is 11.3. The highest BCUT2D eigenvalue weighted by atomic mass is 16.7. The van der Waals surface area contributed by atoms with Crippen LogP contribution in [0.5, 0.6) is 0 Å². The molecule has 1 saturated heterocycles. The van der Waals surface area contributed by atoms with Crippen LogP contribution in [0.15, 0.2) is 96.7 Å². The minimum absolute atomic E-state index is 0.00844. The molecule has 4 rings (SSSR count). The fourth-order valence-electron chi connectivity index (χ4n) is 3.38. The van der Waals surface area contributed by atoms with E-state index < -0.39 is 17.9 Å². The zero-order chi connectivity index (χ0) is 26.8. The highest BCUT2D eigenvalue weighted by molar-refractivity contribution is 6.13. The molecule has 0 spiro atoms. The summed E-state index contributed by atoms with van der Waals surface area (Å²) in [6.45, 7) is 10.9. The monoisotopic (exact) mass is 501 g/mol. The standard InChI is InChI=1S/C18H13NO2.C11H14O5/c1-2-18(20)21-19-12-17-15-9-5-3-7-13(15)11-14-8-4-6-10-16(14)17;1-7(10(12)13)3-4-15-11(14)8(2)5-9-6-16-9/h2-12H,1H2;9H,1-6H2,(H,12,13). The third kappa shape index (κ3) is 7.98. The maximum Gasteiger partial charge on any atom is 0.357 e. The second-order valence-electron chi connectivity index (χ2n) is 8.14. The van der Waals surface area contributed by atoms with Gasteiger partial charge in [-0.15, -0.1) is 0 Å². The van der Waals surface area contributed by atoms with E-state index in [1.54, 1.807) is 6.21 Å². The number of carboxylic acid groups (broad SMARTS) is 1. The van der Waals surface area contributed by atoms with Crippen LogP contribution in [0.2, 0.25) is 0 Å². The van der Waals surface area contributed by atoms with Crippen molar-refractivity contribution in [2.75, 3.05) is 13.2 Å². The zero-order valence-corrected chi connectivity index (χ0v) is 20.2. The van der Waals surface area contributed by atoms with Gasteiger partial charge in [0.05, 0.1) is 25.5 Å². The van der Waals surface area contributed by atoms with Crippen molar-refractivity contribution >= 4 is 45.7 Å². The van der Waals surface area contributed by atoms with E-state index in [1.807, 2.05) is 36.4 Å². The minimum atomic E-state index is -1.08. The molecule has 8 nitrogen and oxygen atoms in total. The summed E-state index contributed by atoms with van der Waals surface area (Å²) in [6.07, 6.45) is 3.34. The molecule has 1 N–H and O–H groups in total. The summed E-state index contributed by atoms with van der Waals surface area (Å²) in [4.78, 5) is 37.5. The maximum atomic E-state index is 11.3. The molecular weight excluding hydrogens is 474 g/mol. The smallest absolute Gasteiger partial charge is 0.357 e. The second kappa shape index (κ2) is 12.9. The molecule has 0 aromatic heterocycles. The number of hydrogen-bond donors (Lipinski definition) is 1. The van der Waals surface area contributed by atoms with Gasteiger partial charge in [0, 0.05) is 35.6 Å². The van der Waals surface area contributed by atoms with Crippen molar-refractivity contribution in [2.24, 2.45) is 5.16 Å². The van der Waals surface area contributed by atoms with Gasteiger partial charge in [0.2, 0.25) is 0 Å². The van der Waals surface area contributed by atoms with Gasteiger partial charge in [-0.3, -0.25) is 0 Å². The molecule has 1 heterocycles. The van der Waals surface area contributed by atoms with Crippen LogP contribution in [0, 0.1) is 0 Å². The number of carbonyl (C=O) groups excluding carboxylic acids is 2. The normalized spacial score (nSPS) is 13.9. The molecule has 0 amide bonds. The Labute approximate surface area is 214 Å². The van der Waals surface area contributed by atoms with Gasteiger partial charge in [-0.05, 0) is 27.6 Å². The number of rotatable bonds is 10. The van der Waals surface area contributed by atoms with Gasteiger partial charge < -0.3 is 19.4 Å². The van der Waals surface area contributed by atoms with Gasteiger partial charge in [0.1, 0.15) is 0 Å². The Hall–Kier alpha value is -4.56. The van der Waals surface area contributed by atoms with E-state index in [0.717, 1.165) is 33.2 Å². The van der Waals surface area contributed by atoms with Crippen molar-refractivity contribution in [3.63, 3.8) is 0 Å². The minimum Gasteiger partial charge on any atom is -0.478 e. The Morgan fingerprint density at radius 2 is 1.62 bits per heavy atom. The lowest BCUT2D eigenvalue weighted by molar-refractivity contribution is -0.140.